The van der Waals surface area contributed by atoms with Crippen LogP contribution in [0.3, 0.4) is 0 Å². The number of carbonyl (C=O) groups is 1. The Morgan fingerprint density at radius 1 is 1.20 bits per heavy atom. The van der Waals surface area contributed by atoms with Crippen LogP contribution in [-0.2, 0) is 0 Å². The average Bonchev–Trinajstić information content (AvgIpc) is 2.96. The average molecular weight is 364 g/mol. The number of nitrogen functional groups attached to an aromatic ring is 1. The van der Waals surface area contributed by atoms with Crippen molar-refractivity contribution in [3.63, 3.8) is 0 Å². The lowest BCUT2D eigenvalue weighted by molar-refractivity contribution is 0.0954. The number of amides is 1. The zero-order valence-electron chi connectivity index (χ0n) is 14.7. The van der Waals surface area contributed by atoms with E-state index in [9.17, 15) is 4.79 Å². The van der Waals surface area contributed by atoms with Crippen LogP contribution in [0.5, 0.6) is 17.2 Å². The summed E-state index contributed by atoms with van der Waals surface area (Å²) < 4.78 is 19.9. The van der Waals surface area contributed by atoms with E-state index in [4.69, 9.17) is 19.9 Å². The normalized spacial score (nSPS) is 11.2. The van der Waals surface area contributed by atoms with Crippen molar-refractivity contribution < 1.29 is 19.0 Å². The Balaban J connectivity index is 2.28. The van der Waals surface area contributed by atoms with Crippen LogP contribution in [0.4, 0.5) is 5.00 Å². The van der Waals surface area contributed by atoms with Crippen molar-refractivity contribution in [2.75, 3.05) is 27.1 Å². The quantitative estimate of drug-likeness (QED) is 0.601. The van der Waals surface area contributed by atoms with Gasteiger partial charge in [-0.1, -0.05) is 0 Å². The first-order valence-electron chi connectivity index (χ1n) is 7.29. The van der Waals surface area contributed by atoms with E-state index in [0.717, 1.165) is 11.3 Å². The van der Waals surface area contributed by atoms with Crippen molar-refractivity contribution in [3.05, 3.63) is 29.0 Å². The smallest absolute Gasteiger partial charge is 0.271 e. The number of benzene rings is 1. The van der Waals surface area contributed by atoms with Crippen molar-refractivity contribution in [2.45, 2.75) is 13.8 Å². The zero-order chi connectivity index (χ0) is 18.6. The first kappa shape index (κ1) is 18.5. The zero-order valence-corrected chi connectivity index (χ0v) is 15.5. The van der Waals surface area contributed by atoms with Crippen LogP contribution in [0, 0.1) is 6.92 Å². The molecule has 0 atom stereocenters. The number of carbonyl (C=O) groups excluding carboxylic acids is 1. The third-order valence-electron chi connectivity index (χ3n) is 3.50. The summed E-state index contributed by atoms with van der Waals surface area (Å²) in [7, 11) is 4.46. The number of aryl methyl sites for hydroxylation is 1. The topological polar surface area (TPSA) is 108 Å². The van der Waals surface area contributed by atoms with Crippen molar-refractivity contribution in [3.8, 4) is 17.2 Å². The molecule has 0 aliphatic rings. The number of aromatic nitrogens is 1. The lowest BCUT2D eigenvalue weighted by atomic mass is 10.1. The minimum Gasteiger partial charge on any atom is -0.493 e. The van der Waals surface area contributed by atoms with Gasteiger partial charge in [0.05, 0.1) is 38.3 Å². The van der Waals surface area contributed by atoms with Gasteiger partial charge in [-0.05, 0) is 37.5 Å². The van der Waals surface area contributed by atoms with Crippen molar-refractivity contribution >= 4 is 28.2 Å². The Morgan fingerprint density at radius 2 is 1.80 bits per heavy atom. The molecule has 0 fully saturated rings. The minimum absolute atomic E-state index is 0.319. The molecule has 0 saturated carbocycles. The van der Waals surface area contributed by atoms with Gasteiger partial charge in [0.25, 0.3) is 5.91 Å². The molecule has 0 aliphatic heterocycles. The SMILES string of the molecule is COc1cc(C(=O)N/N=C(/C)c2c(C)nsc2N)cc(OC)c1OC. The van der Waals surface area contributed by atoms with Crippen molar-refractivity contribution in [1.82, 2.24) is 9.80 Å². The van der Waals surface area contributed by atoms with Crippen LogP contribution in [0.1, 0.15) is 28.5 Å². The van der Waals surface area contributed by atoms with E-state index >= 15 is 0 Å². The number of nitrogens with one attached hydrogen (secondary N) is 1. The summed E-state index contributed by atoms with van der Waals surface area (Å²) in [6.45, 7) is 3.59. The van der Waals surface area contributed by atoms with Crippen LogP contribution in [0.2, 0.25) is 0 Å². The molecule has 1 heterocycles. The van der Waals surface area contributed by atoms with Gasteiger partial charge < -0.3 is 19.9 Å². The summed E-state index contributed by atoms with van der Waals surface area (Å²) >= 11 is 1.19. The standard InChI is InChI=1S/C16H20N4O4S/c1-8(13-9(2)20-25-15(13)17)18-19-16(21)10-6-11(22-3)14(24-5)12(7-10)23-4/h6-7H,17H2,1-5H3,(H,19,21)/b18-8-. The number of ether oxygens (including phenoxy) is 3. The molecular weight excluding hydrogens is 344 g/mol. The highest BCUT2D eigenvalue weighted by Crippen LogP contribution is 2.38. The maximum atomic E-state index is 12.4. The van der Waals surface area contributed by atoms with Gasteiger partial charge in [0.2, 0.25) is 5.75 Å². The highest BCUT2D eigenvalue weighted by Gasteiger charge is 2.17. The minimum atomic E-state index is -0.419. The summed E-state index contributed by atoms with van der Waals surface area (Å²) in [6, 6.07) is 3.10. The van der Waals surface area contributed by atoms with Gasteiger partial charge in [0.1, 0.15) is 5.00 Å². The molecular formula is C16H20N4O4S. The largest absolute Gasteiger partial charge is 0.493 e. The fourth-order valence-corrected chi connectivity index (χ4v) is 3.01. The van der Waals surface area contributed by atoms with Crippen LogP contribution < -0.4 is 25.4 Å². The number of hydrogen-bond donors (Lipinski definition) is 2. The van der Waals surface area contributed by atoms with Crippen LogP contribution in [0.25, 0.3) is 0 Å². The number of methoxy groups -OCH3 is 3. The number of rotatable bonds is 6. The number of hydrogen-bond acceptors (Lipinski definition) is 8. The van der Waals surface area contributed by atoms with Crippen LogP contribution in [0.15, 0.2) is 17.2 Å². The lowest BCUT2D eigenvalue weighted by Crippen LogP contribution is -2.20. The van der Waals surface area contributed by atoms with Gasteiger partial charge in [-0.15, -0.1) is 0 Å². The summed E-state index contributed by atoms with van der Waals surface area (Å²) in [6.07, 6.45) is 0. The van der Waals surface area contributed by atoms with E-state index in [-0.39, 0.29) is 0 Å². The second kappa shape index (κ2) is 7.84. The van der Waals surface area contributed by atoms with E-state index in [1.165, 1.54) is 32.9 Å². The van der Waals surface area contributed by atoms with Gasteiger partial charge in [0.15, 0.2) is 11.5 Å². The maximum Gasteiger partial charge on any atom is 0.271 e. The molecule has 8 nitrogen and oxygen atoms in total. The Hall–Kier alpha value is -2.81. The molecule has 0 radical (unpaired) electrons. The van der Waals surface area contributed by atoms with E-state index in [1.54, 1.807) is 19.1 Å². The molecule has 2 rings (SSSR count). The van der Waals surface area contributed by atoms with E-state index in [2.05, 4.69) is 14.9 Å². The maximum absolute atomic E-state index is 12.4. The second-order valence-corrected chi connectivity index (χ2v) is 5.86. The molecule has 1 amide bonds. The number of anilines is 1. The molecule has 2 aromatic rings. The molecule has 3 N–H and O–H groups in total. The third-order valence-corrected chi connectivity index (χ3v) is 4.27. The molecule has 1 aromatic heterocycles. The second-order valence-electron chi connectivity index (χ2n) is 5.06. The predicted molar refractivity (Wildman–Crippen MR) is 97.0 cm³/mol. The monoisotopic (exact) mass is 364 g/mol. The lowest BCUT2D eigenvalue weighted by Gasteiger charge is -2.13. The highest BCUT2D eigenvalue weighted by atomic mass is 32.1. The molecule has 0 aliphatic carbocycles. The fraction of sp³-hybridized carbons (Fsp3) is 0.312. The summed E-state index contributed by atoms with van der Waals surface area (Å²) in [4.78, 5) is 12.4. The first-order valence-corrected chi connectivity index (χ1v) is 8.07. The number of nitrogens with two attached hydrogens (primary N) is 1. The van der Waals surface area contributed by atoms with Gasteiger partial charge >= 0.3 is 0 Å². The molecule has 9 heteroatoms. The van der Waals surface area contributed by atoms with E-state index in [1.807, 2.05) is 6.92 Å². The van der Waals surface area contributed by atoms with Gasteiger partial charge in [-0.25, -0.2) is 5.43 Å². The number of nitrogens with zero attached hydrogens (tertiary/aromatic N) is 2. The van der Waals surface area contributed by atoms with Crippen LogP contribution >= 0.6 is 11.5 Å². The molecule has 25 heavy (non-hydrogen) atoms. The van der Waals surface area contributed by atoms with Crippen LogP contribution in [-0.4, -0.2) is 37.3 Å². The summed E-state index contributed by atoms with van der Waals surface area (Å²) in [5.74, 6) is 0.761. The molecule has 0 spiro atoms. The summed E-state index contributed by atoms with van der Waals surface area (Å²) in [5, 5.41) is 4.67. The predicted octanol–water partition coefficient (Wildman–Crippen LogP) is 2.21. The molecule has 1 aromatic carbocycles. The molecule has 0 bridgehead atoms. The number of hydrazone groups is 1. The third kappa shape index (κ3) is 3.82. The molecule has 0 unspecified atom stereocenters. The Bertz CT molecular complexity index is 772. The fourth-order valence-electron chi connectivity index (χ4n) is 2.29. The molecule has 0 saturated heterocycles. The van der Waals surface area contributed by atoms with E-state index < -0.39 is 5.91 Å². The van der Waals surface area contributed by atoms with E-state index in [0.29, 0.717) is 33.5 Å². The summed E-state index contributed by atoms with van der Waals surface area (Å²) in [5.41, 5.74) is 10.8. The first-order chi connectivity index (χ1) is 11.9. The van der Waals surface area contributed by atoms with Crippen molar-refractivity contribution in [1.29, 1.82) is 0 Å². The Labute approximate surface area is 149 Å². The highest BCUT2D eigenvalue weighted by molar-refractivity contribution is 7.10. The van der Waals surface area contributed by atoms with Gasteiger partial charge in [-0.2, -0.15) is 9.47 Å². The Kier molecular flexibility index (Phi) is 5.81. The van der Waals surface area contributed by atoms with Gasteiger partial charge in [-0.3, -0.25) is 4.79 Å². The molecule has 134 valence electrons. The van der Waals surface area contributed by atoms with Gasteiger partial charge in [0, 0.05) is 5.56 Å². The Morgan fingerprint density at radius 3 is 2.24 bits per heavy atom. The van der Waals surface area contributed by atoms with Crippen molar-refractivity contribution in [2.24, 2.45) is 5.10 Å².